The molecule has 0 fully saturated rings. The second kappa shape index (κ2) is 9.04. The molecule has 0 radical (unpaired) electrons. The highest BCUT2D eigenvalue weighted by Gasteiger charge is 2.33. The summed E-state index contributed by atoms with van der Waals surface area (Å²) in [5.41, 5.74) is 1.58. The molecule has 172 valence electrons. The van der Waals surface area contributed by atoms with Crippen LogP contribution in [0.4, 0.5) is 0 Å². The predicted octanol–water partition coefficient (Wildman–Crippen LogP) is 4.02. The van der Waals surface area contributed by atoms with E-state index >= 15 is 0 Å². The van der Waals surface area contributed by atoms with Crippen LogP contribution >= 0.6 is 22.7 Å². The van der Waals surface area contributed by atoms with Gasteiger partial charge in [-0.1, -0.05) is 47.7 Å². The van der Waals surface area contributed by atoms with Crippen molar-refractivity contribution in [3.05, 3.63) is 95.3 Å². The molecular weight excluding hydrogens is 468 g/mol. The molecule has 8 heteroatoms. The highest BCUT2D eigenvalue weighted by atomic mass is 32.1. The summed E-state index contributed by atoms with van der Waals surface area (Å²) in [6.07, 6.45) is 1.87. The van der Waals surface area contributed by atoms with Crippen LogP contribution in [-0.4, -0.2) is 24.3 Å². The van der Waals surface area contributed by atoms with Crippen LogP contribution in [-0.2, 0) is 9.53 Å². The fourth-order valence-electron chi connectivity index (χ4n) is 4.25. The lowest BCUT2D eigenvalue weighted by atomic mass is 10.0. The Morgan fingerprint density at radius 3 is 2.74 bits per heavy atom. The Hall–Kier alpha value is -3.49. The first kappa shape index (κ1) is 22.3. The van der Waals surface area contributed by atoms with E-state index in [2.05, 4.69) is 4.99 Å². The maximum Gasteiger partial charge on any atom is 0.338 e. The number of hydrogen-bond acceptors (Lipinski definition) is 7. The van der Waals surface area contributed by atoms with Crippen molar-refractivity contribution in [2.75, 3.05) is 13.7 Å². The van der Waals surface area contributed by atoms with Crippen LogP contribution in [0.1, 0.15) is 30.3 Å². The molecule has 2 aromatic heterocycles. The summed E-state index contributed by atoms with van der Waals surface area (Å²) in [5, 5.41) is 3.99. The zero-order valence-corrected chi connectivity index (χ0v) is 20.5. The summed E-state index contributed by atoms with van der Waals surface area (Å²) in [7, 11) is 1.34. The van der Waals surface area contributed by atoms with E-state index in [9.17, 15) is 9.59 Å². The Bertz CT molecular complexity index is 1610. The monoisotopic (exact) mass is 490 g/mol. The van der Waals surface area contributed by atoms with E-state index in [1.807, 2.05) is 66.9 Å². The van der Waals surface area contributed by atoms with Gasteiger partial charge in [0, 0.05) is 10.4 Å². The molecule has 1 aliphatic heterocycles. The number of fused-ring (bicyclic) bond motifs is 2. The van der Waals surface area contributed by atoms with Gasteiger partial charge < -0.3 is 9.47 Å². The van der Waals surface area contributed by atoms with Crippen molar-refractivity contribution < 1.29 is 14.3 Å². The molecule has 2 aromatic carbocycles. The number of methoxy groups -OCH3 is 1. The molecule has 4 aromatic rings. The average molecular weight is 491 g/mol. The van der Waals surface area contributed by atoms with Crippen LogP contribution in [0.2, 0.25) is 0 Å². The third kappa shape index (κ3) is 3.69. The molecule has 0 saturated heterocycles. The molecule has 0 amide bonds. The van der Waals surface area contributed by atoms with Crippen molar-refractivity contribution in [2.24, 2.45) is 4.99 Å². The van der Waals surface area contributed by atoms with E-state index in [-0.39, 0.29) is 5.56 Å². The molecular formula is C26H22N2O4S2. The molecule has 1 unspecified atom stereocenters. The number of allylic oxidation sites excluding steroid dienone is 1. The summed E-state index contributed by atoms with van der Waals surface area (Å²) < 4.78 is 13.1. The number of thiazole rings is 1. The number of ether oxygens (including phenoxy) is 2. The van der Waals surface area contributed by atoms with Gasteiger partial charge in [-0.25, -0.2) is 9.79 Å². The number of carbonyl (C=O) groups excluding carboxylic acids is 1. The van der Waals surface area contributed by atoms with Crippen LogP contribution < -0.4 is 19.6 Å². The van der Waals surface area contributed by atoms with Crippen LogP contribution in [0.5, 0.6) is 5.75 Å². The first-order valence-corrected chi connectivity index (χ1v) is 12.5. The molecule has 1 aliphatic rings. The second-order valence-corrected chi connectivity index (χ2v) is 9.71. The number of hydrogen-bond donors (Lipinski definition) is 0. The fraction of sp³-hybridized carbons (Fsp3) is 0.192. The molecule has 0 bridgehead atoms. The standard InChI is InChI=1S/C26H22N2O4S2/c1-4-32-19-12-11-16-8-5-6-9-17(16)18(19)14-21-24(29)28-23(20-10-7-13-33-20)22(25(30)31-3)15(2)27-26(28)34-21/h5-14,23H,4H2,1-3H3. The van der Waals surface area contributed by atoms with Gasteiger partial charge in [0.2, 0.25) is 0 Å². The maximum atomic E-state index is 13.8. The van der Waals surface area contributed by atoms with Crippen molar-refractivity contribution >= 4 is 45.5 Å². The Morgan fingerprint density at radius 2 is 2.00 bits per heavy atom. The van der Waals surface area contributed by atoms with Crippen LogP contribution in [0.15, 0.2) is 75.0 Å². The van der Waals surface area contributed by atoms with Gasteiger partial charge in [-0.3, -0.25) is 9.36 Å². The lowest BCUT2D eigenvalue weighted by molar-refractivity contribution is -0.136. The zero-order valence-electron chi connectivity index (χ0n) is 18.9. The molecule has 0 spiro atoms. The van der Waals surface area contributed by atoms with Crippen LogP contribution in [0.3, 0.4) is 0 Å². The quantitative estimate of drug-likeness (QED) is 0.396. The van der Waals surface area contributed by atoms with Crippen molar-refractivity contribution in [2.45, 2.75) is 19.9 Å². The lowest BCUT2D eigenvalue weighted by Crippen LogP contribution is -2.39. The van der Waals surface area contributed by atoms with E-state index in [1.54, 1.807) is 11.5 Å². The first-order chi connectivity index (χ1) is 16.5. The van der Waals surface area contributed by atoms with Gasteiger partial charge in [0.25, 0.3) is 5.56 Å². The number of benzene rings is 2. The van der Waals surface area contributed by atoms with E-state index in [0.29, 0.717) is 33.0 Å². The van der Waals surface area contributed by atoms with Crippen molar-refractivity contribution in [3.8, 4) is 5.75 Å². The number of thiophene rings is 1. The number of rotatable bonds is 5. The van der Waals surface area contributed by atoms with E-state index in [4.69, 9.17) is 9.47 Å². The first-order valence-electron chi connectivity index (χ1n) is 10.8. The number of nitrogens with zero attached hydrogens (tertiary/aromatic N) is 2. The van der Waals surface area contributed by atoms with Gasteiger partial charge in [-0.05, 0) is 48.2 Å². The lowest BCUT2D eigenvalue weighted by Gasteiger charge is -2.22. The molecule has 3 heterocycles. The van der Waals surface area contributed by atoms with Crippen LogP contribution in [0.25, 0.3) is 16.8 Å². The van der Waals surface area contributed by atoms with Crippen molar-refractivity contribution in [3.63, 3.8) is 0 Å². The van der Waals surface area contributed by atoms with Gasteiger partial charge in [0.15, 0.2) is 4.80 Å². The molecule has 6 nitrogen and oxygen atoms in total. The summed E-state index contributed by atoms with van der Waals surface area (Å²) in [6.45, 7) is 4.23. The number of esters is 1. The number of aromatic nitrogens is 1. The Balaban J connectivity index is 1.79. The zero-order chi connectivity index (χ0) is 23.8. The molecule has 0 N–H and O–H groups in total. The van der Waals surface area contributed by atoms with Crippen molar-refractivity contribution in [1.82, 2.24) is 4.57 Å². The minimum absolute atomic E-state index is 0.202. The van der Waals surface area contributed by atoms with E-state index in [0.717, 1.165) is 21.2 Å². The average Bonchev–Trinajstić information content (AvgIpc) is 3.48. The van der Waals surface area contributed by atoms with Gasteiger partial charge in [-0.15, -0.1) is 11.3 Å². The predicted molar refractivity (Wildman–Crippen MR) is 135 cm³/mol. The minimum atomic E-state index is -0.579. The number of carbonyl (C=O) groups is 1. The third-order valence-electron chi connectivity index (χ3n) is 5.75. The van der Waals surface area contributed by atoms with Crippen LogP contribution in [0, 0.1) is 0 Å². The minimum Gasteiger partial charge on any atom is -0.493 e. The topological polar surface area (TPSA) is 69.9 Å². The summed E-state index contributed by atoms with van der Waals surface area (Å²) in [4.78, 5) is 32.5. The molecule has 0 aliphatic carbocycles. The maximum absolute atomic E-state index is 13.8. The highest BCUT2D eigenvalue weighted by Crippen LogP contribution is 2.33. The molecule has 5 rings (SSSR count). The van der Waals surface area contributed by atoms with E-state index < -0.39 is 12.0 Å². The smallest absolute Gasteiger partial charge is 0.338 e. The van der Waals surface area contributed by atoms with Crippen molar-refractivity contribution in [1.29, 1.82) is 0 Å². The summed E-state index contributed by atoms with van der Waals surface area (Å²) >= 11 is 2.80. The SMILES string of the molecule is CCOc1ccc2ccccc2c1C=c1sc2n(c1=O)C(c1cccs1)C(C(=O)OC)=C(C)N=2. The third-order valence-corrected chi connectivity index (χ3v) is 7.65. The summed E-state index contributed by atoms with van der Waals surface area (Å²) in [5.74, 6) is 0.231. The molecule has 34 heavy (non-hydrogen) atoms. The Labute approximate surface area is 203 Å². The van der Waals surface area contributed by atoms with Gasteiger partial charge in [0.05, 0.1) is 29.5 Å². The Morgan fingerprint density at radius 1 is 1.18 bits per heavy atom. The van der Waals surface area contributed by atoms with Gasteiger partial charge >= 0.3 is 5.97 Å². The largest absolute Gasteiger partial charge is 0.493 e. The second-order valence-electron chi connectivity index (χ2n) is 7.72. The van der Waals surface area contributed by atoms with Gasteiger partial charge in [0.1, 0.15) is 11.8 Å². The normalized spacial score (nSPS) is 15.9. The summed E-state index contributed by atoms with van der Waals surface area (Å²) in [6, 6.07) is 15.2. The van der Waals surface area contributed by atoms with Gasteiger partial charge in [-0.2, -0.15) is 0 Å². The molecule has 1 atom stereocenters. The van der Waals surface area contributed by atoms with E-state index in [1.165, 1.54) is 29.8 Å². The highest BCUT2D eigenvalue weighted by molar-refractivity contribution is 7.10. The molecule has 0 saturated carbocycles. The Kier molecular flexibility index (Phi) is 5.93. The fourth-order valence-corrected chi connectivity index (χ4v) is 6.10.